The lowest BCUT2D eigenvalue weighted by Crippen LogP contribution is -2.36. The summed E-state index contributed by atoms with van der Waals surface area (Å²) in [6, 6.07) is 9.97. The molecule has 2 fully saturated rings. The number of thioether (sulfide) groups is 1. The van der Waals surface area contributed by atoms with Gasteiger partial charge in [-0.1, -0.05) is 30.5 Å². The van der Waals surface area contributed by atoms with E-state index < -0.39 is 11.7 Å². The van der Waals surface area contributed by atoms with Crippen LogP contribution >= 0.6 is 11.8 Å². The predicted molar refractivity (Wildman–Crippen MR) is 135 cm³/mol. The fraction of sp³-hybridized carbons (Fsp3) is 0.440. The molecule has 0 bridgehead atoms. The minimum absolute atomic E-state index is 0.149. The maximum Gasteiger partial charge on any atom is 0.418 e. The van der Waals surface area contributed by atoms with Crippen LogP contribution in [0.15, 0.2) is 47.7 Å². The lowest BCUT2D eigenvalue weighted by molar-refractivity contribution is -0.137. The Morgan fingerprint density at radius 3 is 2.77 bits per heavy atom. The molecule has 1 N–H and O–H groups in total. The number of amidine groups is 1. The number of hydrogen-bond acceptors (Lipinski definition) is 7. The minimum atomic E-state index is -4.33. The van der Waals surface area contributed by atoms with Crippen molar-refractivity contribution in [3.05, 3.63) is 58.7 Å². The summed E-state index contributed by atoms with van der Waals surface area (Å²) in [7, 11) is 1.98. The molecule has 5 rings (SSSR count). The monoisotopic (exact) mass is 502 g/mol. The van der Waals surface area contributed by atoms with E-state index in [0.29, 0.717) is 18.2 Å². The smallest absolute Gasteiger partial charge is 0.366 e. The number of likely N-dealkylation sites (tertiary alicyclic amines) is 1. The van der Waals surface area contributed by atoms with Gasteiger partial charge in [-0.05, 0) is 49.6 Å². The molecule has 35 heavy (non-hydrogen) atoms. The molecule has 1 aromatic heterocycles. The molecule has 2 atom stereocenters. The van der Waals surface area contributed by atoms with Crippen LogP contribution in [0.2, 0.25) is 0 Å². The summed E-state index contributed by atoms with van der Waals surface area (Å²) >= 11 is 1.70. The number of fused-ring (bicyclic) bond motifs is 1. The van der Waals surface area contributed by atoms with Crippen molar-refractivity contribution in [2.24, 2.45) is 11.0 Å². The number of alkyl halides is 3. The average molecular weight is 503 g/mol. The average Bonchev–Trinajstić information content (AvgIpc) is 3.51. The second kappa shape index (κ2) is 9.73. The Morgan fingerprint density at radius 1 is 1.17 bits per heavy atom. The molecule has 1 aromatic carbocycles. The summed E-state index contributed by atoms with van der Waals surface area (Å²) in [6.45, 7) is 7.21. The number of aromatic nitrogens is 1. The summed E-state index contributed by atoms with van der Waals surface area (Å²) in [5.41, 5.74) is 2.89. The summed E-state index contributed by atoms with van der Waals surface area (Å²) in [5.74, 6) is 2.24. The Kier molecular flexibility index (Phi) is 6.67. The molecule has 0 radical (unpaired) electrons. The molecule has 0 amide bonds. The fourth-order valence-corrected chi connectivity index (χ4v) is 6.10. The lowest BCUT2D eigenvalue weighted by atomic mass is 10.0. The first-order valence-electron chi connectivity index (χ1n) is 11.8. The molecule has 2 saturated heterocycles. The highest BCUT2D eigenvalue weighted by atomic mass is 32.2. The third-order valence-corrected chi connectivity index (χ3v) is 8.09. The number of hydrazone groups is 1. The molecule has 10 heteroatoms. The van der Waals surface area contributed by atoms with Crippen LogP contribution in [0.1, 0.15) is 18.4 Å². The predicted octanol–water partition coefficient (Wildman–Crippen LogP) is 2.72. The maximum atomic E-state index is 13.6. The van der Waals surface area contributed by atoms with Gasteiger partial charge in [0.2, 0.25) is 0 Å². The molecular weight excluding hydrogens is 473 g/mol. The number of nitrogens with zero attached hydrogens (tertiary/aromatic N) is 5. The number of pyridine rings is 1. The van der Waals surface area contributed by atoms with Crippen molar-refractivity contribution in [3.8, 4) is 0 Å². The molecule has 0 unspecified atom stereocenters. The lowest BCUT2D eigenvalue weighted by Gasteiger charge is -2.29. The van der Waals surface area contributed by atoms with E-state index in [9.17, 15) is 13.2 Å². The summed E-state index contributed by atoms with van der Waals surface area (Å²) in [4.78, 5) is 10.7. The van der Waals surface area contributed by atoms with Crippen LogP contribution in [0, 0.1) is 5.92 Å². The van der Waals surface area contributed by atoms with E-state index in [1.165, 1.54) is 12.1 Å². The quantitative estimate of drug-likeness (QED) is 0.635. The van der Waals surface area contributed by atoms with Crippen molar-refractivity contribution in [2.45, 2.75) is 25.1 Å². The first kappa shape index (κ1) is 24.0. The number of benzene rings is 1. The molecule has 2 aromatic rings. The van der Waals surface area contributed by atoms with Crippen LogP contribution in [0.4, 0.5) is 18.9 Å². The summed E-state index contributed by atoms with van der Waals surface area (Å²) < 4.78 is 40.7. The van der Waals surface area contributed by atoms with Gasteiger partial charge in [-0.15, -0.1) is 5.10 Å². The molecular formula is C25H29F3N6S. The Balaban J connectivity index is 1.13. The number of halogens is 3. The van der Waals surface area contributed by atoms with Crippen molar-refractivity contribution < 1.29 is 13.2 Å². The first-order chi connectivity index (χ1) is 16.8. The standard InChI is InChI=1S/C25H29F3N6S/c1-17-8-9-18(14-29-17)23-30-31-24(32(23)2)35-13-5-11-33-15-19-10-12-34(22(19)16-33)21-7-4-3-6-20(21)25(26,27)28/h3-4,6-9,14,19,22,30H,1,5,10-13,15-16H2,2H3/t19-,22+/m1/s1. The zero-order chi connectivity index (χ0) is 24.6. The van der Waals surface area contributed by atoms with E-state index in [4.69, 9.17) is 0 Å². The fourth-order valence-electron chi connectivity index (χ4n) is 5.24. The van der Waals surface area contributed by atoms with Gasteiger partial charge in [0.25, 0.3) is 0 Å². The SMILES string of the molecule is C=c1ccc(=C2NN=C(SCCCN3C[C@H]4CCN(c5ccccc5C(F)(F)F)[C@H]4C3)N2C)cn1. The van der Waals surface area contributed by atoms with Crippen LogP contribution in [-0.2, 0) is 6.18 Å². The molecule has 0 saturated carbocycles. The second-order valence-corrected chi connectivity index (χ2v) is 10.3. The van der Waals surface area contributed by atoms with E-state index in [1.807, 2.05) is 29.0 Å². The van der Waals surface area contributed by atoms with Crippen LogP contribution in [0.25, 0.3) is 12.4 Å². The van der Waals surface area contributed by atoms with E-state index in [0.717, 1.165) is 59.8 Å². The highest BCUT2D eigenvalue weighted by Crippen LogP contribution is 2.41. The van der Waals surface area contributed by atoms with Gasteiger partial charge in [0, 0.05) is 55.6 Å². The number of nitrogens with one attached hydrogen (secondary N) is 1. The van der Waals surface area contributed by atoms with Gasteiger partial charge in [0.05, 0.1) is 10.9 Å². The largest absolute Gasteiger partial charge is 0.418 e. The topological polar surface area (TPSA) is 47.0 Å². The Labute approximate surface area is 207 Å². The van der Waals surface area contributed by atoms with Crippen LogP contribution in [0.5, 0.6) is 0 Å². The van der Waals surface area contributed by atoms with Crippen molar-refractivity contribution >= 4 is 35.0 Å². The van der Waals surface area contributed by atoms with Gasteiger partial charge in [-0.3, -0.25) is 10.4 Å². The van der Waals surface area contributed by atoms with Crippen LogP contribution in [0.3, 0.4) is 0 Å². The van der Waals surface area contributed by atoms with Gasteiger partial charge in [0.15, 0.2) is 5.17 Å². The second-order valence-electron chi connectivity index (χ2n) is 9.24. The van der Waals surface area contributed by atoms with E-state index in [-0.39, 0.29) is 6.04 Å². The van der Waals surface area contributed by atoms with Gasteiger partial charge in [-0.25, -0.2) is 0 Å². The Bertz CT molecular complexity index is 1190. The molecule has 3 aliphatic heterocycles. The maximum absolute atomic E-state index is 13.6. The zero-order valence-electron chi connectivity index (χ0n) is 19.6. The van der Waals surface area contributed by atoms with Gasteiger partial charge in [-0.2, -0.15) is 13.2 Å². The Morgan fingerprint density at radius 2 is 2.00 bits per heavy atom. The van der Waals surface area contributed by atoms with Crippen molar-refractivity contribution in [3.63, 3.8) is 0 Å². The zero-order valence-corrected chi connectivity index (χ0v) is 20.4. The highest BCUT2D eigenvalue weighted by Gasteiger charge is 2.44. The number of para-hydroxylation sites is 1. The van der Waals surface area contributed by atoms with Gasteiger partial charge < -0.3 is 14.7 Å². The summed E-state index contributed by atoms with van der Waals surface area (Å²) in [5, 5.41) is 7.04. The molecule has 0 spiro atoms. The van der Waals surface area contributed by atoms with E-state index in [2.05, 4.69) is 27.0 Å². The number of anilines is 1. The third-order valence-electron chi connectivity index (χ3n) is 6.97. The van der Waals surface area contributed by atoms with Crippen molar-refractivity contribution in [1.82, 2.24) is 20.2 Å². The molecule has 186 valence electrons. The molecule has 6 nitrogen and oxygen atoms in total. The van der Waals surface area contributed by atoms with Gasteiger partial charge >= 0.3 is 6.18 Å². The minimum Gasteiger partial charge on any atom is -0.366 e. The van der Waals surface area contributed by atoms with Crippen LogP contribution < -0.4 is 20.9 Å². The molecule has 4 heterocycles. The highest BCUT2D eigenvalue weighted by molar-refractivity contribution is 8.13. The Hall–Kier alpha value is -2.72. The first-order valence-corrected chi connectivity index (χ1v) is 12.8. The summed E-state index contributed by atoms with van der Waals surface area (Å²) in [6.07, 6.45) is -0.619. The number of rotatable bonds is 5. The number of hydrogen-bond donors (Lipinski definition) is 1. The molecule has 3 aliphatic rings. The molecule has 0 aliphatic carbocycles. The van der Waals surface area contributed by atoms with E-state index >= 15 is 0 Å². The van der Waals surface area contributed by atoms with Crippen LogP contribution in [-0.4, -0.2) is 65.0 Å². The normalized spacial score (nSPS) is 24.1. The third kappa shape index (κ3) is 4.99. The van der Waals surface area contributed by atoms with Crippen molar-refractivity contribution in [1.29, 1.82) is 0 Å². The van der Waals surface area contributed by atoms with Gasteiger partial charge in [0.1, 0.15) is 5.82 Å². The van der Waals surface area contributed by atoms with Crippen molar-refractivity contribution in [2.75, 3.05) is 43.9 Å². The van der Waals surface area contributed by atoms with E-state index in [1.54, 1.807) is 30.1 Å².